The zero-order valence-electron chi connectivity index (χ0n) is 21.0. The van der Waals surface area contributed by atoms with Crippen LogP contribution in [0.25, 0.3) is 11.0 Å². The topological polar surface area (TPSA) is 159 Å². The molecule has 0 fully saturated rings. The van der Waals surface area contributed by atoms with Crippen molar-refractivity contribution in [1.82, 2.24) is 24.0 Å². The first-order valence-electron chi connectivity index (χ1n) is 11.6. The third kappa shape index (κ3) is 5.75. The van der Waals surface area contributed by atoms with Crippen LogP contribution in [0.5, 0.6) is 17.2 Å². The van der Waals surface area contributed by atoms with Gasteiger partial charge in [0.25, 0.3) is 10.0 Å². The largest absolute Gasteiger partial charge is 0.493 e. The first-order valence-corrected chi connectivity index (χ1v) is 13.1. The highest BCUT2D eigenvalue weighted by atomic mass is 32.2. The van der Waals surface area contributed by atoms with Crippen molar-refractivity contribution >= 4 is 32.8 Å². The number of imidazole rings is 2. The number of aromatic nitrogens is 4. The first-order chi connectivity index (χ1) is 18.1. The van der Waals surface area contributed by atoms with E-state index in [0.717, 1.165) is 0 Å². The Labute approximate surface area is 218 Å². The molecule has 3 N–H and O–H groups in total. The van der Waals surface area contributed by atoms with Crippen molar-refractivity contribution in [2.45, 2.75) is 17.9 Å². The lowest BCUT2D eigenvalue weighted by atomic mass is 10.2. The highest BCUT2D eigenvalue weighted by molar-refractivity contribution is 7.92. The molecule has 13 nitrogen and oxygen atoms in total. The Kier molecular flexibility index (Phi) is 7.62. The standard InChI is InChI=1S/C24H28N6O7S/c1-28-15-25-14-22(28)38(34,35)27-18-12-19-20(30(3)24(33)29(19)2)13-21(18)37-17-8-6-7-16(11-17)36-10-5-4-9-26-23(31)32/h6-8,11-15,26-27H,4-5,9-10H2,1-3H3,(H,31,32). The molecule has 4 rings (SSSR count). The number of ether oxygens (including phenoxy) is 2. The predicted octanol–water partition coefficient (Wildman–Crippen LogP) is 2.63. The molecule has 0 radical (unpaired) electrons. The van der Waals surface area contributed by atoms with E-state index in [1.807, 2.05) is 0 Å². The van der Waals surface area contributed by atoms with Gasteiger partial charge in [0.1, 0.15) is 11.5 Å². The van der Waals surface area contributed by atoms with Crippen LogP contribution >= 0.6 is 0 Å². The fourth-order valence-corrected chi connectivity index (χ4v) is 5.04. The Morgan fingerprint density at radius 1 is 1.05 bits per heavy atom. The van der Waals surface area contributed by atoms with Gasteiger partial charge in [-0.2, -0.15) is 8.42 Å². The van der Waals surface area contributed by atoms with Gasteiger partial charge in [-0.25, -0.2) is 14.6 Å². The third-order valence-electron chi connectivity index (χ3n) is 5.81. The number of anilines is 1. The molecule has 0 saturated heterocycles. The van der Waals surface area contributed by atoms with Crippen LogP contribution in [0.1, 0.15) is 12.8 Å². The smallest absolute Gasteiger partial charge is 0.404 e. The summed E-state index contributed by atoms with van der Waals surface area (Å²) in [6.07, 6.45) is 2.82. The van der Waals surface area contributed by atoms with Crippen LogP contribution in [0.2, 0.25) is 0 Å². The maximum absolute atomic E-state index is 13.1. The minimum Gasteiger partial charge on any atom is -0.493 e. The SMILES string of the molecule is Cn1cncc1S(=O)(=O)Nc1cc2c(cc1Oc1cccc(OCCCCNC(=O)O)c1)n(C)c(=O)n2C. The monoisotopic (exact) mass is 544 g/mol. The van der Waals surface area contributed by atoms with Crippen molar-refractivity contribution in [3.05, 3.63) is 59.4 Å². The Bertz CT molecular complexity index is 1640. The number of unbranched alkanes of at least 4 members (excludes halogenated alkanes) is 1. The zero-order valence-corrected chi connectivity index (χ0v) is 21.9. The molecule has 0 aliphatic heterocycles. The van der Waals surface area contributed by atoms with Gasteiger partial charge in [0.15, 0.2) is 10.8 Å². The summed E-state index contributed by atoms with van der Waals surface area (Å²) in [5.74, 6) is 1.09. The van der Waals surface area contributed by atoms with E-state index < -0.39 is 16.1 Å². The molecule has 0 spiro atoms. The number of benzene rings is 2. The van der Waals surface area contributed by atoms with Gasteiger partial charge in [-0.05, 0) is 31.0 Å². The Morgan fingerprint density at radius 3 is 2.45 bits per heavy atom. The molecule has 0 aliphatic rings. The lowest BCUT2D eigenvalue weighted by Gasteiger charge is -2.15. The van der Waals surface area contributed by atoms with E-state index >= 15 is 0 Å². The maximum atomic E-state index is 13.1. The Morgan fingerprint density at radius 2 is 1.76 bits per heavy atom. The van der Waals surface area contributed by atoms with Gasteiger partial charge in [0.2, 0.25) is 0 Å². The summed E-state index contributed by atoms with van der Waals surface area (Å²) in [7, 11) is 0.763. The maximum Gasteiger partial charge on any atom is 0.404 e. The van der Waals surface area contributed by atoms with Gasteiger partial charge in [-0.15, -0.1) is 0 Å². The number of fused-ring (bicyclic) bond motifs is 1. The molecule has 0 unspecified atom stereocenters. The Balaban J connectivity index is 1.61. The normalized spacial score (nSPS) is 11.4. The van der Waals surface area contributed by atoms with Crippen LogP contribution in [-0.2, 0) is 31.2 Å². The summed E-state index contributed by atoms with van der Waals surface area (Å²) in [5, 5.41) is 10.9. The van der Waals surface area contributed by atoms with Crippen LogP contribution in [0.15, 0.2) is 58.7 Å². The molecule has 2 aromatic heterocycles. The molecule has 2 heterocycles. The van der Waals surface area contributed by atoms with Crippen LogP contribution in [0, 0.1) is 0 Å². The molecule has 0 bridgehead atoms. The van der Waals surface area contributed by atoms with Crippen molar-refractivity contribution in [2.75, 3.05) is 17.9 Å². The molecular weight excluding hydrogens is 516 g/mol. The van der Waals surface area contributed by atoms with Crippen LogP contribution in [0.3, 0.4) is 0 Å². The van der Waals surface area contributed by atoms with Crippen molar-refractivity contribution in [3.8, 4) is 17.2 Å². The Hall–Kier alpha value is -4.46. The summed E-state index contributed by atoms with van der Waals surface area (Å²) in [4.78, 5) is 26.9. The number of rotatable bonds is 11. The molecule has 2 aromatic carbocycles. The van der Waals surface area contributed by atoms with Gasteiger partial charge in [-0.1, -0.05) is 6.07 Å². The minimum atomic E-state index is -4.02. The quantitative estimate of drug-likeness (QED) is 0.243. The van der Waals surface area contributed by atoms with Gasteiger partial charge >= 0.3 is 11.8 Å². The van der Waals surface area contributed by atoms with E-state index in [1.54, 1.807) is 57.5 Å². The van der Waals surface area contributed by atoms with Crippen LogP contribution < -0.4 is 25.2 Å². The average molecular weight is 545 g/mol. The lowest BCUT2D eigenvalue weighted by molar-refractivity contribution is 0.194. The molecule has 0 aliphatic carbocycles. The first kappa shape index (κ1) is 26.6. The average Bonchev–Trinajstić information content (AvgIpc) is 3.39. The highest BCUT2D eigenvalue weighted by Crippen LogP contribution is 2.36. The minimum absolute atomic E-state index is 0.0422. The molecular formula is C24H28N6O7S. The number of nitrogens with one attached hydrogen (secondary N) is 2. The zero-order chi connectivity index (χ0) is 27.4. The number of hydrogen-bond acceptors (Lipinski definition) is 7. The van der Waals surface area contributed by atoms with E-state index in [0.29, 0.717) is 48.5 Å². The predicted molar refractivity (Wildman–Crippen MR) is 139 cm³/mol. The fourth-order valence-electron chi connectivity index (χ4n) is 3.86. The molecule has 0 saturated carbocycles. The number of hydrogen-bond donors (Lipinski definition) is 3. The molecule has 0 atom stereocenters. The molecule has 4 aromatic rings. The van der Waals surface area contributed by atoms with Crippen molar-refractivity contribution in [1.29, 1.82) is 0 Å². The van der Waals surface area contributed by atoms with Gasteiger partial charge in [0.05, 0.1) is 35.9 Å². The number of nitrogens with zero attached hydrogens (tertiary/aromatic N) is 4. The number of carboxylic acid groups (broad SMARTS) is 1. The molecule has 202 valence electrons. The molecule has 1 amide bonds. The van der Waals surface area contributed by atoms with Crippen molar-refractivity contribution in [2.24, 2.45) is 21.1 Å². The van der Waals surface area contributed by atoms with E-state index in [1.165, 1.54) is 26.2 Å². The lowest BCUT2D eigenvalue weighted by Crippen LogP contribution is -2.22. The summed E-state index contributed by atoms with van der Waals surface area (Å²) in [5.41, 5.74) is 0.934. The van der Waals surface area contributed by atoms with E-state index in [-0.39, 0.29) is 22.2 Å². The number of aryl methyl sites for hydroxylation is 3. The number of amides is 1. The van der Waals surface area contributed by atoms with E-state index in [9.17, 15) is 18.0 Å². The summed E-state index contributed by atoms with van der Waals surface area (Å²) >= 11 is 0. The molecule has 14 heteroatoms. The van der Waals surface area contributed by atoms with Crippen LogP contribution in [-0.4, -0.2) is 51.5 Å². The second kappa shape index (κ2) is 10.9. The fraction of sp³-hybridized carbons (Fsp3) is 0.292. The summed E-state index contributed by atoms with van der Waals surface area (Å²) in [6.45, 7) is 0.711. The highest BCUT2D eigenvalue weighted by Gasteiger charge is 2.22. The van der Waals surface area contributed by atoms with Gasteiger partial charge < -0.3 is 24.5 Å². The van der Waals surface area contributed by atoms with Gasteiger partial charge in [-0.3, -0.25) is 13.9 Å². The van der Waals surface area contributed by atoms with Crippen molar-refractivity contribution < 1.29 is 27.8 Å². The molecule has 38 heavy (non-hydrogen) atoms. The number of carbonyl (C=O) groups is 1. The second-order valence-electron chi connectivity index (χ2n) is 8.55. The van der Waals surface area contributed by atoms with Crippen LogP contribution in [0.4, 0.5) is 10.5 Å². The van der Waals surface area contributed by atoms with E-state index in [2.05, 4.69) is 15.0 Å². The van der Waals surface area contributed by atoms with Crippen molar-refractivity contribution in [3.63, 3.8) is 0 Å². The summed E-state index contributed by atoms with van der Waals surface area (Å²) in [6, 6.07) is 9.97. The number of sulfonamides is 1. The summed E-state index contributed by atoms with van der Waals surface area (Å²) < 4.78 is 44.9. The second-order valence-corrected chi connectivity index (χ2v) is 10.2. The van der Waals surface area contributed by atoms with Gasteiger partial charge in [0, 0.05) is 39.8 Å². The third-order valence-corrected chi connectivity index (χ3v) is 7.25. The van der Waals surface area contributed by atoms with E-state index in [4.69, 9.17) is 14.6 Å².